The van der Waals surface area contributed by atoms with Crippen LogP contribution in [-0.4, -0.2) is 13.7 Å². The maximum absolute atomic E-state index is 5.26. The molecular weight excluding hydrogens is 382 g/mol. The van der Waals surface area contributed by atoms with Crippen molar-refractivity contribution in [2.45, 2.75) is 13.0 Å². The van der Waals surface area contributed by atoms with Gasteiger partial charge in [-0.25, -0.2) is 0 Å². The van der Waals surface area contributed by atoms with Gasteiger partial charge in [0.1, 0.15) is 5.75 Å². The highest BCUT2D eigenvalue weighted by molar-refractivity contribution is 9.10. The molecule has 2 rings (SSSR count). The summed E-state index contributed by atoms with van der Waals surface area (Å²) < 4.78 is 7.41. The van der Waals surface area contributed by atoms with Crippen LogP contribution in [0.4, 0.5) is 0 Å². The van der Waals surface area contributed by atoms with Gasteiger partial charge in [0.2, 0.25) is 0 Å². The van der Waals surface area contributed by atoms with Gasteiger partial charge in [0.05, 0.1) is 13.2 Å². The quantitative estimate of drug-likeness (QED) is 0.771. The van der Waals surface area contributed by atoms with Crippen LogP contribution in [0.25, 0.3) is 0 Å². The Hall–Kier alpha value is -0.840. The number of ether oxygens (including phenoxy) is 1. The fourth-order valence-electron chi connectivity index (χ4n) is 2.17. The van der Waals surface area contributed by atoms with Crippen LogP contribution in [0.3, 0.4) is 0 Å². The maximum atomic E-state index is 5.26. The molecule has 0 saturated heterocycles. The normalized spacial score (nSPS) is 12.2. The second kappa shape index (κ2) is 7.25. The molecule has 0 aromatic heterocycles. The molecule has 0 saturated carbocycles. The molecule has 1 N–H and O–H groups in total. The zero-order chi connectivity index (χ0) is 14.5. The van der Waals surface area contributed by atoms with Gasteiger partial charge >= 0.3 is 0 Å². The smallest absolute Gasteiger partial charge is 0.120 e. The van der Waals surface area contributed by atoms with Crippen LogP contribution in [0.1, 0.15) is 24.1 Å². The van der Waals surface area contributed by atoms with Crippen LogP contribution in [-0.2, 0) is 0 Å². The van der Waals surface area contributed by atoms with E-state index in [2.05, 4.69) is 68.4 Å². The second-order valence-corrected chi connectivity index (χ2v) is 6.11. The highest BCUT2D eigenvalue weighted by Crippen LogP contribution is 2.34. The maximum Gasteiger partial charge on any atom is 0.120 e. The van der Waals surface area contributed by atoms with Gasteiger partial charge in [-0.3, -0.25) is 0 Å². The van der Waals surface area contributed by atoms with E-state index in [1.54, 1.807) is 7.11 Å². The second-order valence-electron chi connectivity index (χ2n) is 4.40. The first-order chi connectivity index (χ1) is 9.67. The number of hydrogen-bond acceptors (Lipinski definition) is 2. The van der Waals surface area contributed by atoms with Gasteiger partial charge in [-0.1, -0.05) is 63.0 Å². The van der Waals surface area contributed by atoms with Crippen molar-refractivity contribution in [2.75, 3.05) is 13.7 Å². The molecule has 1 atom stereocenters. The van der Waals surface area contributed by atoms with Crippen molar-refractivity contribution < 1.29 is 4.74 Å². The minimum absolute atomic E-state index is 0.135. The Morgan fingerprint density at radius 1 is 1.05 bits per heavy atom. The fourth-order valence-corrected chi connectivity index (χ4v) is 3.27. The molecule has 0 fully saturated rings. The van der Waals surface area contributed by atoms with Crippen LogP contribution < -0.4 is 10.1 Å². The van der Waals surface area contributed by atoms with Gasteiger partial charge in [0, 0.05) is 8.95 Å². The van der Waals surface area contributed by atoms with E-state index in [-0.39, 0.29) is 6.04 Å². The molecule has 2 nitrogen and oxygen atoms in total. The van der Waals surface area contributed by atoms with Gasteiger partial charge in [-0.15, -0.1) is 0 Å². The van der Waals surface area contributed by atoms with Crippen LogP contribution in [0.5, 0.6) is 5.75 Å². The fraction of sp³-hybridized carbons (Fsp3) is 0.250. The number of hydrogen-bond donors (Lipinski definition) is 1. The number of methoxy groups -OCH3 is 1. The van der Waals surface area contributed by atoms with Crippen LogP contribution in [0.15, 0.2) is 51.4 Å². The first-order valence-corrected chi connectivity index (χ1v) is 8.07. The van der Waals surface area contributed by atoms with Crippen molar-refractivity contribution in [3.63, 3.8) is 0 Å². The summed E-state index contributed by atoms with van der Waals surface area (Å²) in [5.74, 6) is 0.850. The Balaban J connectivity index is 2.46. The van der Waals surface area contributed by atoms with Gasteiger partial charge in [0.25, 0.3) is 0 Å². The van der Waals surface area contributed by atoms with Crippen molar-refractivity contribution in [1.29, 1.82) is 0 Å². The molecule has 0 aliphatic heterocycles. The molecule has 2 aromatic rings. The van der Waals surface area contributed by atoms with Crippen LogP contribution in [0, 0.1) is 0 Å². The molecule has 0 aliphatic carbocycles. The predicted molar refractivity (Wildman–Crippen MR) is 90.4 cm³/mol. The zero-order valence-electron chi connectivity index (χ0n) is 11.5. The van der Waals surface area contributed by atoms with E-state index in [0.717, 1.165) is 21.2 Å². The highest BCUT2D eigenvalue weighted by Gasteiger charge is 2.18. The van der Waals surface area contributed by atoms with E-state index in [1.165, 1.54) is 11.1 Å². The third-order valence-electron chi connectivity index (χ3n) is 3.14. The molecule has 0 amide bonds. The summed E-state index contributed by atoms with van der Waals surface area (Å²) >= 11 is 7.28. The number of nitrogens with one attached hydrogen (secondary N) is 1. The molecule has 0 heterocycles. The summed E-state index contributed by atoms with van der Waals surface area (Å²) in [6.07, 6.45) is 0. The minimum Gasteiger partial charge on any atom is -0.497 e. The lowest BCUT2D eigenvalue weighted by molar-refractivity contribution is 0.414. The summed E-state index contributed by atoms with van der Waals surface area (Å²) in [7, 11) is 1.68. The molecule has 0 bridgehead atoms. The lowest BCUT2D eigenvalue weighted by Gasteiger charge is -2.22. The molecule has 1 unspecified atom stereocenters. The van der Waals surface area contributed by atoms with Crippen molar-refractivity contribution in [1.82, 2.24) is 5.32 Å². The monoisotopic (exact) mass is 397 g/mol. The summed E-state index contributed by atoms with van der Waals surface area (Å²) in [6.45, 7) is 3.01. The Morgan fingerprint density at radius 3 is 2.35 bits per heavy atom. The molecule has 20 heavy (non-hydrogen) atoms. The average Bonchev–Trinajstić information content (AvgIpc) is 2.46. The number of halogens is 2. The van der Waals surface area contributed by atoms with E-state index in [1.807, 2.05) is 18.2 Å². The lowest BCUT2D eigenvalue weighted by atomic mass is 9.98. The highest BCUT2D eigenvalue weighted by atomic mass is 79.9. The van der Waals surface area contributed by atoms with Gasteiger partial charge in [-0.05, 0) is 35.9 Å². The first kappa shape index (κ1) is 15.5. The summed E-state index contributed by atoms with van der Waals surface area (Å²) in [6, 6.07) is 14.5. The molecule has 0 aliphatic rings. The van der Waals surface area contributed by atoms with E-state index >= 15 is 0 Å². The van der Waals surface area contributed by atoms with Gasteiger partial charge in [0.15, 0.2) is 0 Å². The lowest BCUT2D eigenvalue weighted by Crippen LogP contribution is -2.22. The van der Waals surface area contributed by atoms with E-state index < -0.39 is 0 Å². The predicted octanol–water partition coefficient (Wildman–Crippen LogP) is 4.92. The Bertz CT molecular complexity index is 586. The van der Waals surface area contributed by atoms with Gasteiger partial charge in [-0.2, -0.15) is 0 Å². The van der Waals surface area contributed by atoms with Crippen molar-refractivity contribution in [3.05, 3.63) is 62.5 Å². The van der Waals surface area contributed by atoms with Crippen molar-refractivity contribution in [2.24, 2.45) is 0 Å². The Labute approximate surface area is 136 Å². The van der Waals surface area contributed by atoms with E-state index in [4.69, 9.17) is 4.74 Å². The molecule has 4 heteroatoms. The average molecular weight is 399 g/mol. The molecule has 106 valence electrons. The SMILES string of the molecule is CCNC(c1ccccc1Br)c1ccc(OC)cc1Br. The molecule has 2 aromatic carbocycles. The van der Waals surface area contributed by atoms with Crippen molar-refractivity contribution >= 4 is 31.9 Å². The summed E-state index contributed by atoms with van der Waals surface area (Å²) in [5, 5.41) is 3.53. The Kier molecular flexibility index (Phi) is 5.64. The largest absolute Gasteiger partial charge is 0.497 e. The number of rotatable bonds is 5. The first-order valence-electron chi connectivity index (χ1n) is 6.48. The molecule has 0 radical (unpaired) electrons. The van der Waals surface area contributed by atoms with E-state index in [9.17, 15) is 0 Å². The van der Waals surface area contributed by atoms with Crippen LogP contribution >= 0.6 is 31.9 Å². The minimum atomic E-state index is 0.135. The third-order valence-corrected chi connectivity index (χ3v) is 4.55. The van der Waals surface area contributed by atoms with Crippen molar-refractivity contribution in [3.8, 4) is 5.75 Å². The summed E-state index contributed by atoms with van der Waals surface area (Å²) in [5.41, 5.74) is 2.42. The molecule has 0 spiro atoms. The Morgan fingerprint density at radius 2 is 1.75 bits per heavy atom. The topological polar surface area (TPSA) is 21.3 Å². The third kappa shape index (κ3) is 3.43. The molecular formula is C16H17Br2NO. The van der Waals surface area contributed by atoms with Gasteiger partial charge < -0.3 is 10.1 Å². The van der Waals surface area contributed by atoms with Crippen LogP contribution in [0.2, 0.25) is 0 Å². The summed E-state index contributed by atoms with van der Waals surface area (Å²) in [4.78, 5) is 0. The number of benzene rings is 2. The standard InChI is InChI=1S/C16H17Br2NO/c1-3-19-16(12-6-4-5-7-14(12)17)13-9-8-11(20-2)10-15(13)18/h4-10,16,19H,3H2,1-2H3. The van der Waals surface area contributed by atoms with E-state index in [0.29, 0.717) is 0 Å². The zero-order valence-corrected chi connectivity index (χ0v) is 14.7.